The Morgan fingerprint density at radius 2 is 1.78 bits per heavy atom. The average Bonchev–Trinajstić information content (AvgIpc) is 3.50. The molecule has 0 radical (unpaired) electrons. The van der Waals surface area contributed by atoms with Crippen molar-refractivity contribution in [2.45, 2.75) is 19.8 Å². The Hall–Kier alpha value is -4.40. The van der Waals surface area contributed by atoms with Crippen molar-refractivity contribution in [3.8, 4) is 17.2 Å². The molecule has 1 aromatic heterocycles. The molecule has 0 bridgehead atoms. The first-order valence-corrected chi connectivity index (χ1v) is 11.5. The van der Waals surface area contributed by atoms with E-state index in [2.05, 4.69) is 4.98 Å². The maximum Gasteiger partial charge on any atom is 0.414 e. The zero-order valence-corrected chi connectivity index (χ0v) is 21.3. The first kappa shape index (κ1) is 25.7. The fourth-order valence-electron chi connectivity index (χ4n) is 4.21. The molecule has 1 heterocycles. The largest absolute Gasteiger partial charge is 0.493 e. The molecule has 0 N–H and O–H groups in total. The maximum absolute atomic E-state index is 14.2. The van der Waals surface area contributed by atoms with Crippen molar-refractivity contribution >= 4 is 29.1 Å². The summed E-state index contributed by atoms with van der Waals surface area (Å²) in [5, 5.41) is 0. The molecule has 1 aliphatic carbocycles. The summed E-state index contributed by atoms with van der Waals surface area (Å²) in [6, 6.07) is 8.08. The van der Waals surface area contributed by atoms with Crippen LogP contribution in [0.25, 0.3) is 17.2 Å². The first-order valence-electron chi connectivity index (χ1n) is 11.5. The highest BCUT2D eigenvalue weighted by Crippen LogP contribution is 2.46. The van der Waals surface area contributed by atoms with Gasteiger partial charge in [-0.05, 0) is 77.1 Å². The predicted molar refractivity (Wildman–Crippen MR) is 136 cm³/mol. The Bertz CT molecular complexity index is 1380. The summed E-state index contributed by atoms with van der Waals surface area (Å²) in [5.41, 5.74) is 4.96. The van der Waals surface area contributed by atoms with Gasteiger partial charge in [0.1, 0.15) is 12.1 Å². The van der Waals surface area contributed by atoms with Crippen LogP contribution < -0.4 is 14.2 Å². The second-order valence-corrected chi connectivity index (χ2v) is 8.63. The van der Waals surface area contributed by atoms with Crippen molar-refractivity contribution in [1.29, 1.82) is 0 Å². The lowest BCUT2D eigenvalue weighted by Gasteiger charge is -2.17. The molecular weight excluding hydrogens is 479 g/mol. The van der Waals surface area contributed by atoms with Crippen LogP contribution in [0.15, 0.2) is 52.8 Å². The standard InChI is InChI=1S/C28H27FN2O6/c1-16-19(8-9-23(32)27-30-10-11-36-27)22-15-18(29)6-7-20(22)21(16)12-17-13-24(34-4)26(25(14-17)35-5)37-28(33)31(2)3/h6-7,10-15H,8-9H2,1-5H3/b21-12-. The molecule has 0 atom stereocenters. The lowest BCUT2D eigenvalue weighted by molar-refractivity contribution is 0.0950. The Morgan fingerprint density at radius 1 is 1.08 bits per heavy atom. The van der Waals surface area contributed by atoms with Gasteiger partial charge in [-0.25, -0.2) is 14.2 Å². The molecule has 0 saturated carbocycles. The summed E-state index contributed by atoms with van der Waals surface area (Å²) in [7, 11) is 6.10. The van der Waals surface area contributed by atoms with Crippen LogP contribution >= 0.6 is 0 Å². The molecule has 0 unspecified atom stereocenters. The lowest BCUT2D eigenvalue weighted by Crippen LogP contribution is -2.25. The van der Waals surface area contributed by atoms with E-state index in [0.717, 1.165) is 33.4 Å². The number of hydrogen-bond acceptors (Lipinski definition) is 7. The van der Waals surface area contributed by atoms with Crippen LogP contribution in [-0.4, -0.2) is 50.1 Å². The smallest absolute Gasteiger partial charge is 0.414 e. The Morgan fingerprint density at radius 3 is 2.38 bits per heavy atom. The molecule has 2 aromatic carbocycles. The van der Waals surface area contributed by atoms with Gasteiger partial charge in [0.2, 0.25) is 11.5 Å². The van der Waals surface area contributed by atoms with Gasteiger partial charge in [0.05, 0.1) is 20.4 Å². The Labute approximate surface area is 214 Å². The fourth-order valence-corrected chi connectivity index (χ4v) is 4.21. The summed E-state index contributed by atoms with van der Waals surface area (Å²) >= 11 is 0. The molecule has 0 saturated heterocycles. The number of aromatic nitrogens is 1. The van der Waals surface area contributed by atoms with Crippen molar-refractivity contribution in [2.75, 3.05) is 28.3 Å². The van der Waals surface area contributed by atoms with Gasteiger partial charge in [0.25, 0.3) is 5.89 Å². The minimum Gasteiger partial charge on any atom is -0.493 e. The van der Waals surface area contributed by atoms with Gasteiger partial charge in [0, 0.05) is 20.5 Å². The molecule has 8 nitrogen and oxygen atoms in total. The van der Waals surface area contributed by atoms with Crippen LogP contribution in [-0.2, 0) is 0 Å². The van der Waals surface area contributed by atoms with Crippen LogP contribution in [0, 0.1) is 5.82 Å². The minimum atomic E-state index is -0.572. The van der Waals surface area contributed by atoms with E-state index in [0.29, 0.717) is 17.9 Å². The third kappa shape index (κ3) is 5.25. The lowest BCUT2D eigenvalue weighted by atomic mass is 9.99. The zero-order chi connectivity index (χ0) is 26.7. The number of ketones is 1. The van der Waals surface area contributed by atoms with Crippen molar-refractivity contribution in [1.82, 2.24) is 9.88 Å². The minimum absolute atomic E-state index is 0.0562. The average molecular weight is 507 g/mol. The summed E-state index contributed by atoms with van der Waals surface area (Å²) < 4.78 is 35.8. The van der Waals surface area contributed by atoms with E-state index in [1.165, 1.54) is 43.7 Å². The third-order valence-corrected chi connectivity index (χ3v) is 6.07. The highest BCUT2D eigenvalue weighted by Gasteiger charge is 2.26. The van der Waals surface area contributed by atoms with Crippen LogP contribution in [0.1, 0.15) is 47.1 Å². The van der Waals surface area contributed by atoms with E-state index in [4.69, 9.17) is 18.6 Å². The molecule has 1 aliphatic rings. The van der Waals surface area contributed by atoms with Gasteiger partial charge in [-0.15, -0.1) is 0 Å². The van der Waals surface area contributed by atoms with Crippen LogP contribution in [0.3, 0.4) is 0 Å². The topological polar surface area (TPSA) is 91.1 Å². The predicted octanol–water partition coefficient (Wildman–Crippen LogP) is 5.88. The van der Waals surface area contributed by atoms with Crippen molar-refractivity contribution in [2.24, 2.45) is 0 Å². The number of carbonyl (C=O) groups excluding carboxylic acids is 2. The van der Waals surface area contributed by atoms with E-state index < -0.39 is 6.09 Å². The highest BCUT2D eigenvalue weighted by atomic mass is 19.1. The number of Topliss-reactive ketones (excluding diaryl/α,β-unsaturated/α-hetero) is 1. The van der Waals surface area contributed by atoms with E-state index in [9.17, 15) is 14.0 Å². The van der Waals surface area contributed by atoms with Gasteiger partial charge in [-0.3, -0.25) is 4.79 Å². The van der Waals surface area contributed by atoms with Crippen LogP contribution in [0.4, 0.5) is 9.18 Å². The van der Waals surface area contributed by atoms with Crippen molar-refractivity contribution < 1.29 is 32.6 Å². The highest BCUT2D eigenvalue weighted by molar-refractivity contribution is 6.06. The van der Waals surface area contributed by atoms with Gasteiger partial charge < -0.3 is 23.5 Å². The summed E-state index contributed by atoms with van der Waals surface area (Å²) in [4.78, 5) is 29.8. The molecule has 37 heavy (non-hydrogen) atoms. The molecule has 1 amide bonds. The molecule has 9 heteroatoms. The van der Waals surface area contributed by atoms with Crippen LogP contribution in [0.5, 0.6) is 17.2 Å². The SMILES string of the molecule is COc1cc(/C=C2/C(C)=C(CCC(=O)c3ncco3)c3cc(F)ccc32)cc(OC)c1OC(=O)N(C)C. The molecule has 0 fully saturated rings. The number of rotatable bonds is 8. The number of carbonyl (C=O) groups is 2. The van der Waals surface area contributed by atoms with Gasteiger partial charge >= 0.3 is 6.09 Å². The van der Waals surface area contributed by atoms with E-state index >= 15 is 0 Å². The number of ether oxygens (including phenoxy) is 3. The second-order valence-electron chi connectivity index (χ2n) is 8.63. The monoisotopic (exact) mass is 506 g/mol. The second kappa shape index (κ2) is 10.7. The fraction of sp³-hybridized carbons (Fsp3) is 0.250. The number of oxazole rings is 1. The number of hydrogen-bond donors (Lipinski definition) is 0. The van der Waals surface area contributed by atoms with E-state index in [1.807, 2.05) is 13.0 Å². The number of allylic oxidation sites excluding steroid dienone is 3. The van der Waals surface area contributed by atoms with E-state index in [-0.39, 0.29) is 29.7 Å². The summed E-state index contributed by atoms with van der Waals surface area (Å²) in [5.74, 6) is 0.269. The van der Waals surface area contributed by atoms with E-state index in [1.54, 1.807) is 32.3 Å². The number of halogens is 1. The van der Waals surface area contributed by atoms with Gasteiger partial charge in [0.15, 0.2) is 11.5 Å². The number of benzene rings is 2. The van der Waals surface area contributed by atoms with Crippen molar-refractivity contribution in [3.05, 3.63) is 76.8 Å². The van der Waals surface area contributed by atoms with Gasteiger partial charge in [-0.2, -0.15) is 0 Å². The van der Waals surface area contributed by atoms with Gasteiger partial charge in [-0.1, -0.05) is 6.07 Å². The molecule has 0 spiro atoms. The summed E-state index contributed by atoms with van der Waals surface area (Å²) in [6.45, 7) is 1.94. The zero-order valence-electron chi connectivity index (χ0n) is 21.3. The number of methoxy groups -OCH3 is 2. The molecule has 0 aliphatic heterocycles. The van der Waals surface area contributed by atoms with Crippen molar-refractivity contribution in [3.63, 3.8) is 0 Å². The number of fused-ring (bicyclic) bond motifs is 1. The first-order chi connectivity index (χ1) is 17.7. The third-order valence-electron chi connectivity index (χ3n) is 6.07. The Kier molecular flexibility index (Phi) is 7.42. The molecular formula is C28H27FN2O6. The maximum atomic E-state index is 14.2. The number of amides is 1. The number of nitrogens with zero attached hydrogens (tertiary/aromatic N) is 2. The molecule has 192 valence electrons. The summed E-state index contributed by atoms with van der Waals surface area (Å²) in [6.07, 6.45) is 4.70. The normalized spacial score (nSPS) is 13.5. The molecule has 3 aromatic rings. The quantitative estimate of drug-likeness (QED) is 0.352. The Balaban J connectivity index is 1.74. The molecule has 4 rings (SSSR count). The van der Waals surface area contributed by atoms with Crippen LogP contribution in [0.2, 0.25) is 0 Å².